The van der Waals surface area contributed by atoms with Gasteiger partial charge in [-0.05, 0) is 32.0 Å². The van der Waals surface area contributed by atoms with E-state index in [-0.39, 0.29) is 18.0 Å². The predicted molar refractivity (Wildman–Crippen MR) is 112 cm³/mol. The summed E-state index contributed by atoms with van der Waals surface area (Å²) in [4.78, 5) is 20.7. The second-order valence-corrected chi connectivity index (χ2v) is 7.57. The second kappa shape index (κ2) is 9.55. The summed E-state index contributed by atoms with van der Waals surface area (Å²) in [5.74, 6) is 1.15. The number of nitrogens with one attached hydrogen (secondary N) is 1. The van der Waals surface area contributed by atoms with E-state index in [0.29, 0.717) is 32.0 Å². The Morgan fingerprint density at radius 1 is 1.10 bits per heavy atom. The van der Waals surface area contributed by atoms with Crippen LogP contribution in [-0.2, 0) is 11.0 Å². The van der Waals surface area contributed by atoms with Crippen molar-refractivity contribution >= 4 is 11.7 Å². The summed E-state index contributed by atoms with van der Waals surface area (Å²) in [7, 11) is 1.60. The average molecular weight is 436 g/mol. The van der Waals surface area contributed by atoms with Crippen LogP contribution in [0.3, 0.4) is 0 Å². The number of rotatable bonds is 6. The fraction of sp³-hybridized carbons (Fsp3) is 0.455. The lowest BCUT2D eigenvalue weighted by atomic mass is 10.1. The van der Waals surface area contributed by atoms with Gasteiger partial charge in [0.2, 0.25) is 5.91 Å². The van der Waals surface area contributed by atoms with E-state index in [1.807, 2.05) is 43.0 Å². The van der Waals surface area contributed by atoms with Crippen molar-refractivity contribution in [3.05, 3.63) is 53.7 Å². The number of carbonyl (C=O) groups excluding carboxylic acids is 1. The quantitative estimate of drug-likeness (QED) is 0.751. The molecule has 1 N–H and O–H groups in total. The van der Waals surface area contributed by atoms with Crippen LogP contribution in [0, 0.1) is 0 Å². The Kier molecular flexibility index (Phi) is 7.04. The molecular formula is C22H27F3N4O2. The minimum atomic E-state index is -4.39. The monoisotopic (exact) mass is 436 g/mol. The van der Waals surface area contributed by atoms with Crippen LogP contribution in [0.15, 0.2) is 42.6 Å². The minimum Gasteiger partial charge on any atom is -0.496 e. The standard InChI is InChI=1S/C22H27F3N4O2/c1-15(18-6-4-5-7-19(18)31-3)27-21(30)16(2)28-10-12-29(13-11-28)20-9-8-17(14-26-20)22(23,24)25/h4-9,14-16H,10-13H2,1-3H3,(H,27,30). The highest BCUT2D eigenvalue weighted by Crippen LogP contribution is 2.29. The summed E-state index contributed by atoms with van der Waals surface area (Å²) < 4.78 is 43.5. The van der Waals surface area contributed by atoms with E-state index in [0.717, 1.165) is 23.6 Å². The number of para-hydroxylation sites is 1. The molecule has 2 unspecified atom stereocenters. The Morgan fingerprint density at radius 2 is 1.77 bits per heavy atom. The maximum Gasteiger partial charge on any atom is 0.417 e. The smallest absolute Gasteiger partial charge is 0.417 e. The van der Waals surface area contributed by atoms with Crippen molar-refractivity contribution in [1.29, 1.82) is 0 Å². The zero-order chi connectivity index (χ0) is 22.6. The predicted octanol–water partition coefficient (Wildman–Crippen LogP) is 3.50. The number of alkyl halides is 3. The lowest BCUT2D eigenvalue weighted by Crippen LogP contribution is -2.54. The molecule has 0 aliphatic carbocycles. The molecule has 2 atom stereocenters. The molecule has 6 nitrogen and oxygen atoms in total. The Hall–Kier alpha value is -2.81. The number of carbonyl (C=O) groups is 1. The highest BCUT2D eigenvalue weighted by Gasteiger charge is 2.31. The molecule has 2 heterocycles. The van der Waals surface area contributed by atoms with Crippen molar-refractivity contribution < 1.29 is 22.7 Å². The molecule has 1 fully saturated rings. The van der Waals surface area contributed by atoms with Crippen molar-refractivity contribution in [2.75, 3.05) is 38.2 Å². The van der Waals surface area contributed by atoms with Crippen molar-refractivity contribution in [2.24, 2.45) is 0 Å². The highest BCUT2D eigenvalue weighted by molar-refractivity contribution is 5.81. The first-order valence-electron chi connectivity index (χ1n) is 10.2. The van der Waals surface area contributed by atoms with Gasteiger partial charge in [-0.15, -0.1) is 0 Å². The topological polar surface area (TPSA) is 57.7 Å². The van der Waals surface area contributed by atoms with Crippen molar-refractivity contribution in [3.8, 4) is 5.75 Å². The van der Waals surface area contributed by atoms with Gasteiger partial charge in [0.15, 0.2) is 0 Å². The Labute approximate surface area is 180 Å². The number of pyridine rings is 1. The maximum absolute atomic E-state index is 12.8. The molecule has 31 heavy (non-hydrogen) atoms. The number of benzene rings is 1. The largest absolute Gasteiger partial charge is 0.496 e. The van der Waals surface area contributed by atoms with E-state index >= 15 is 0 Å². The molecule has 168 valence electrons. The van der Waals surface area contributed by atoms with Crippen LogP contribution >= 0.6 is 0 Å². The van der Waals surface area contributed by atoms with Crippen LogP contribution in [0.4, 0.5) is 19.0 Å². The molecule has 1 aromatic heterocycles. The number of methoxy groups -OCH3 is 1. The van der Waals surface area contributed by atoms with E-state index in [1.54, 1.807) is 7.11 Å². The van der Waals surface area contributed by atoms with Gasteiger partial charge in [0.25, 0.3) is 0 Å². The van der Waals surface area contributed by atoms with E-state index in [4.69, 9.17) is 4.74 Å². The zero-order valence-corrected chi connectivity index (χ0v) is 17.8. The number of anilines is 1. The van der Waals surface area contributed by atoms with Crippen molar-refractivity contribution in [2.45, 2.75) is 32.1 Å². The van der Waals surface area contributed by atoms with E-state index in [2.05, 4.69) is 15.2 Å². The van der Waals surface area contributed by atoms with Crippen molar-refractivity contribution in [3.63, 3.8) is 0 Å². The number of nitrogens with zero attached hydrogens (tertiary/aromatic N) is 3. The number of aromatic nitrogens is 1. The van der Waals surface area contributed by atoms with Gasteiger partial charge in [0, 0.05) is 37.9 Å². The molecule has 0 radical (unpaired) electrons. The summed E-state index contributed by atoms with van der Waals surface area (Å²) in [5.41, 5.74) is 0.146. The fourth-order valence-corrected chi connectivity index (χ4v) is 3.68. The summed E-state index contributed by atoms with van der Waals surface area (Å²) in [6, 6.07) is 9.46. The van der Waals surface area contributed by atoms with Gasteiger partial charge in [-0.2, -0.15) is 13.2 Å². The maximum atomic E-state index is 12.8. The molecule has 3 rings (SSSR count). The van der Waals surface area contributed by atoms with Crippen LogP contribution in [0.25, 0.3) is 0 Å². The van der Waals surface area contributed by atoms with Gasteiger partial charge in [0.1, 0.15) is 11.6 Å². The summed E-state index contributed by atoms with van der Waals surface area (Å²) in [6.45, 7) is 6.16. The van der Waals surface area contributed by atoms with Gasteiger partial charge in [-0.3, -0.25) is 9.69 Å². The van der Waals surface area contributed by atoms with E-state index in [1.165, 1.54) is 6.07 Å². The first kappa shape index (κ1) is 22.9. The van der Waals surface area contributed by atoms with Crippen LogP contribution in [-0.4, -0.2) is 55.1 Å². The van der Waals surface area contributed by atoms with Crippen LogP contribution in [0.1, 0.15) is 31.0 Å². The van der Waals surface area contributed by atoms with E-state index in [9.17, 15) is 18.0 Å². The Morgan fingerprint density at radius 3 is 2.35 bits per heavy atom. The number of ether oxygens (including phenoxy) is 1. The third-order valence-corrected chi connectivity index (χ3v) is 5.60. The first-order valence-corrected chi connectivity index (χ1v) is 10.2. The third-order valence-electron chi connectivity index (χ3n) is 5.60. The molecule has 1 aliphatic heterocycles. The molecular weight excluding hydrogens is 409 g/mol. The molecule has 1 aliphatic rings. The van der Waals surface area contributed by atoms with Gasteiger partial charge >= 0.3 is 6.18 Å². The second-order valence-electron chi connectivity index (χ2n) is 7.57. The molecule has 0 spiro atoms. The summed E-state index contributed by atoms with van der Waals surface area (Å²) >= 11 is 0. The van der Waals surface area contributed by atoms with Crippen molar-refractivity contribution in [1.82, 2.24) is 15.2 Å². The SMILES string of the molecule is COc1ccccc1C(C)NC(=O)C(C)N1CCN(c2ccc(C(F)(F)F)cn2)CC1. The fourth-order valence-electron chi connectivity index (χ4n) is 3.68. The third kappa shape index (κ3) is 5.46. The van der Waals surface area contributed by atoms with Gasteiger partial charge in [-0.25, -0.2) is 4.98 Å². The van der Waals surface area contributed by atoms with Gasteiger partial charge in [-0.1, -0.05) is 18.2 Å². The number of halogens is 3. The zero-order valence-electron chi connectivity index (χ0n) is 17.8. The highest BCUT2D eigenvalue weighted by atomic mass is 19.4. The molecule has 0 saturated carbocycles. The summed E-state index contributed by atoms with van der Waals surface area (Å²) in [6.07, 6.45) is -3.54. The number of hydrogen-bond donors (Lipinski definition) is 1. The van der Waals surface area contributed by atoms with E-state index < -0.39 is 11.7 Å². The molecule has 1 amide bonds. The Balaban J connectivity index is 1.54. The minimum absolute atomic E-state index is 0.0838. The molecule has 0 bridgehead atoms. The number of piperazine rings is 1. The molecule has 2 aromatic rings. The molecule has 9 heteroatoms. The average Bonchev–Trinajstić information content (AvgIpc) is 2.78. The summed E-state index contributed by atoms with van der Waals surface area (Å²) in [5, 5.41) is 3.04. The molecule has 1 aromatic carbocycles. The van der Waals surface area contributed by atoms with Gasteiger partial charge < -0.3 is 15.0 Å². The number of hydrogen-bond acceptors (Lipinski definition) is 5. The number of amides is 1. The normalized spacial score (nSPS) is 17.2. The Bertz CT molecular complexity index is 881. The van der Waals surface area contributed by atoms with Gasteiger partial charge in [0.05, 0.1) is 24.8 Å². The lowest BCUT2D eigenvalue weighted by molar-refractivity contribution is -0.137. The first-order chi connectivity index (χ1) is 14.7. The van der Waals surface area contributed by atoms with Crippen LogP contribution < -0.4 is 15.0 Å². The van der Waals surface area contributed by atoms with Crippen LogP contribution in [0.2, 0.25) is 0 Å². The van der Waals surface area contributed by atoms with Crippen LogP contribution in [0.5, 0.6) is 5.75 Å². The lowest BCUT2D eigenvalue weighted by Gasteiger charge is -2.38. The molecule has 1 saturated heterocycles.